The van der Waals surface area contributed by atoms with Crippen LogP contribution >= 0.6 is 0 Å². The van der Waals surface area contributed by atoms with Crippen LogP contribution in [-0.4, -0.2) is 29.3 Å². The summed E-state index contributed by atoms with van der Waals surface area (Å²) in [6.07, 6.45) is 2.75. The zero-order valence-electron chi connectivity index (χ0n) is 13.6. The van der Waals surface area contributed by atoms with Crippen molar-refractivity contribution in [3.05, 3.63) is 54.0 Å². The molecule has 2 atom stereocenters. The highest BCUT2D eigenvalue weighted by molar-refractivity contribution is 6.01. The van der Waals surface area contributed by atoms with Crippen molar-refractivity contribution in [2.24, 2.45) is 5.92 Å². The minimum Gasteiger partial charge on any atom is -0.467 e. The number of nitrogens with zero attached hydrogens (tertiary/aromatic N) is 2. The second-order valence-electron chi connectivity index (χ2n) is 6.64. The fourth-order valence-electron chi connectivity index (χ4n) is 3.78. The number of para-hydroxylation sites is 1. The molecule has 0 spiro atoms. The van der Waals surface area contributed by atoms with E-state index >= 15 is 0 Å². The van der Waals surface area contributed by atoms with Gasteiger partial charge in [0, 0.05) is 24.7 Å². The van der Waals surface area contributed by atoms with Gasteiger partial charge in [0.2, 0.25) is 11.8 Å². The summed E-state index contributed by atoms with van der Waals surface area (Å²) in [4.78, 5) is 28.9. The van der Waals surface area contributed by atoms with Gasteiger partial charge in [-0.3, -0.25) is 9.59 Å². The van der Waals surface area contributed by atoms with Gasteiger partial charge in [0.15, 0.2) is 0 Å². The van der Waals surface area contributed by atoms with E-state index in [1.807, 2.05) is 29.2 Å². The van der Waals surface area contributed by atoms with E-state index in [1.54, 1.807) is 17.2 Å². The minimum absolute atomic E-state index is 0.0184. The van der Waals surface area contributed by atoms with Crippen LogP contribution in [0.15, 0.2) is 47.1 Å². The number of hydrogen-bond donors (Lipinski definition) is 0. The third-order valence-electron chi connectivity index (χ3n) is 4.94. The molecule has 0 radical (unpaired) electrons. The molecule has 5 heteroatoms. The number of benzene rings is 1. The van der Waals surface area contributed by atoms with E-state index in [2.05, 4.69) is 13.0 Å². The number of furan rings is 1. The Balaban J connectivity index is 1.50. The summed E-state index contributed by atoms with van der Waals surface area (Å²) >= 11 is 0. The van der Waals surface area contributed by atoms with Crippen LogP contribution in [0.25, 0.3) is 0 Å². The molecular weight excluding hydrogens is 304 g/mol. The summed E-state index contributed by atoms with van der Waals surface area (Å²) in [5.74, 6) is 0.546. The van der Waals surface area contributed by atoms with E-state index in [0.717, 1.165) is 17.9 Å². The molecule has 124 valence electrons. The first-order chi connectivity index (χ1) is 11.6. The van der Waals surface area contributed by atoms with E-state index in [4.69, 9.17) is 4.42 Å². The quantitative estimate of drug-likeness (QED) is 0.872. The van der Waals surface area contributed by atoms with Crippen LogP contribution in [0.2, 0.25) is 0 Å². The summed E-state index contributed by atoms with van der Waals surface area (Å²) in [7, 11) is 0. The maximum absolute atomic E-state index is 13.0. The molecule has 2 amide bonds. The molecule has 2 aromatic rings. The van der Waals surface area contributed by atoms with Crippen LogP contribution in [0.4, 0.5) is 5.69 Å². The Kier molecular flexibility index (Phi) is 3.63. The summed E-state index contributed by atoms with van der Waals surface area (Å²) in [5, 5.41) is 0. The molecule has 1 aromatic carbocycles. The number of amides is 2. The third kappa shape index (κ3) is 2.50. The Morgan fingerprint density at radius 2 is 2.04 bits per heavy atom. The monoisotopic (exact) mass is 324 g/mol. The average molecular weight is 324 g/mol. The lowest BCUT2D eigenvalue weighted by Crippen LogP contribution is -2.41. The second kappa shape index (κ2) is 5.82. The number of carbonyl (C=O) groups excluding carboxylic acids is 2. The number of rotatable bonds is 3. The summed E-state index contributed by atoms with van der Waals surface area (Å²) < 4.78 is 5.31. The Bertz CT molecular complexity index is 769. The molecule has 2 aliphatic rings. The lowest BCUT2D eigenvalue weighted by molar-refractivity contribution is -0.129. The third-order valence-corrected chi connectivity index (χ3v) is 4.94. The van der Waals surface area contributed by atoms with Crippen molar-refractivity contribution in [2.75, 3.05) is 11.4 Å². The number of anilines is 1. The van der Waals surface area contributed by atoms with Crippen molar-refractivity contribution in [1.82, 2.24) is 4.90 Å². The number of hydrogen-bond acceptors (Lipinski definition) is 3. The van der Waals surface area contributed by atoms with Gasteiger partial charge in [-0.25, -0.2) is 0 Å². The predicted octanol–water partition coefficient (Wildman–Crippen LogP) is 2.61. The van der Waals surface area contributed by atoms with Crippen LogP contribution in [-0.2, 0) is 22.6 Å². The molecule has 24 heavy (non-hydrogen) atoms. The predicted molar refractivity (Wildman–Crippen MR) is 89.3 cm³/mol. The zero-order valence-corrected chi connectivity index (χ0v) is 13.6. The van der Waals surface area contributed by atoms with Gasteiger partial charge in [-0.05, 0) is 37.1 Å². The highest BCUT2D eigenvalue weighted by Crippen LogP contribution is 2.34. The van der Waals surface area contributed by atoms with Crippen molar-refractivity contribution in [2.45, 2.75) is 32.4 Å². The van der Waals surface area contributed by atoms with Gasteiger partial charge in [0.1, 0.15) is 5.76 Å². The summed E-state index contributed by atoms with van der Waals surface area (Å²) in [6, 6.07) is 11.8. The maximum Gasteiger partial charge on any atom is 0.232 e. The first-order valence-corrected chi connectivity index (χ1v) is 8.34. The SMILES string of the molecule is C[C@@H]1Cc2ccccc2N1C(=O)[C@H]1CC(=O)N(Cc2ccco2)C1. The average Bonchev–Trinajstić information content (AvgIpc) is 3.26. The fraction of sp³-hybridized carbons (Fsp3) is 0.368. The zero-order chi connectivity index (χ0) is 16.7. The Morgan fingerprint density at radius 1 is 1.21 bits per heavy atom. The molecule has 1 fully saturated rings. The number of carbonyl (C=O) groups is 2. The highest BCUT2D eigenvalue weighted by Gasteiger charge is 2.40. The van der Waals surface area contributed by atoms with Crippen LogP contribution in [0.5, 0.6) is 0 Å². The molecule has 3 heterocycles. The molecule has 1 aromatic heterocycles. The van der Waals surface area contributed by atoms with Crippen molar-refractivity contribution < 1.29 is 14.0 Å². The van der Waals surface area contributed by atoms with Crippen LogP contribution in [0.3, 0.4) is 0 Å². The second-order valence-corrected chi connectivity index (χ2v) is 6.64. The molecule has 0 saturated carbocycles. The van der Waals surface area contributed by atoms with E-state index in [-0.39, 0.29) is 30.2 Å². The standard InChI is InChI=1S/C19H20N2O3/c1-13-9-14-5-2-3-7-17(14)21(13)19(23)15-10-18(22)20(11-15)12-16-6-4-8-24-16/h2-8,13,15H,9-12H2,1H3/t13-,15+/m1/s1. The molecule has 4 rings (SSSR count). The molecule has 0 bridgehead atoms. The van der Waals surface area contributed by atoms with Gasteiger partial charge in [0.25, 0.3) is 0 Å². The normalized spacial score (nSPS) is 23.0. The number of fused-ring (bicyclic) bond motifs is 1. The van der Waals surface area contributed by atoms with E-state index < -0.39 is 0 Å². The van der Waals surface area contributed by atoms with Crippen molar-refractivity contribution in [3.63, 3.8) is 0 Å². The van der Waals surface area contributed by atoms with Gasteiger partial charge < -0.3 is 14.2 Å². The van der Waals surface area contributed by atoms with E-state index in [1.165, 1.54) is 5.56 Å². The van der Waals surface area contributed by atoms with E-state index in [9.17, 15) is 9.59 Å². The van der Waals surface area contributed by atoms with Gasteiger partial charge >= 0.3 is 0 Å². The van der Waals surface area contributed by atoms with Crippen molar-refractivity contribution in [3.8, 4) is 0 Å². The van der Waals surface area contributed by atoms with Gasteiger partial charge in [-0.15, -0.1) is 0 Å². The molecule has 0 N–H and O–H groups in total. The Morgan fingerprint density at radius 3 is 2.83 bits per heavy atom. The largest absolute Gasteiger partial charge is 0.467 e. The first-order valence-electron chi connectivity index (χ1n) is 8.34. The highest BCUT2D eigenvalue weighted by atomic mass is 16.3. The van der Waals surface area contributed by atoms with Crippen molar-refractivity contribution in [1.29, 1.82) is 0 Å². The maximum atomic E-state index is 13.0. The van der Waals surface area contributed by atoms with Crippen LogP contribution in [0, 0.1) is 5.92 Å². The Hall–Kier alpha value is -2.56. The van der Waals surface area contributed by atoms with Gasteiger partial charge in [0.05, 0.1) is 18.7 Å². The molecule has 0 unspecified atom stereocenters. The topological polar surface area (TPSA) is 53.8 Å². The molecule has 5 nitrogen and oxygen atoms in total. The van der Waals surface area contributed by atoms with Crippen LogP contribution < -0.4 is 4.90 Å². The summed E-state index contributed by atoms with van der Waals surface area (Å²) in [6.45, 7) is 2.96. The van der Waals surface area contributed by atoms with Gasteiger partial charge in [-0.1, -0.05) is 18.2 Å². The number of likely N-dealkylation sites (tertiary alicyclic amines) is 1. The van der Waals surface area contributed by atoms with Gasteiger partial charge in [-0.2, -0.15) is 0 Å². The fourth-order valence-corrected chi connectivity index (χ4v) is 3.78. The van der Waals surface area contributed by atoms with Crippen molar-refractivity contribution >= 4 is 17.5 Å². The van der Waals surface area contributed by atoms with E-state index in [0.29, 0.717) is 13.1 Å². The molecule has 0 aliphatic carbocycles. The first kappa shape index (κ1) is 15.0. The molecule has 2 aliphatic heterocycles. The van der Waals surface area contributed by atoms with Crippen LogP contribution in [0.1, 0.15) is 24.7 Å². The Labute approximate surface area is 140 Å². The minimum atomic E-state index is -0.277. The summed E-state index contributed by atoms with van der Waals surface area (Å²) in [5.41, 5.74) is 2.20. The lowest BCUT2D eigenvalue weighted by atomic mass is 10.1. The molecule has 1 saturated heterocycles. The molecular formula is C19H20N2O3. The smallest absolute Gasteiger partial charge is 0.232 e. The lowest BCUT2D eigenvalue weighted by Gasteiger charge is -2.25.